The molecule has 0 aromatic heterocycles. The van der Waals surface area contributed by atoms with E-state index in [-0.39, 0.29) is 11.9 Å². The molecule has 1 aliphatic carbocycles. The average Bonchev–Trinajstić information content (AvgIpc) is 2.72. The van der Waals surface area contributed by atoms with E-state index in [1.54, 1.807) is 7.11 Å². The molecule has 1 aliphatic rings. The maximum Gasteiger partial charge on any atom is 0.236 e. The number of nitrogens with one attached hydrogen (secondary N) is 2. The lowest BCUT2D eigenvalue weighted by molar-refractivity contribution is -0.123. The van der Waals surface area contributed by atoms with Crippen molar-refractivity contribution in [3.63, 3.8) is 0 Å². The first kappa shape index (κ1) is 17.4. The third kappa shape index (κ3) is 6.71. The summed E-state index contributed by atoms with van der Waals surface area (Å²) >= 11 is 0. The van der Waals surface area contributed by atoms with Gasteiger partial charge in [0.05, 0.1) is 6.04 Å². The lowest BCUT2D eigenvalue weighted by Crippen LogP contribution is -2.48. The molecule has 0 bridgehead atoms. The lowest BCUT2D eigenvalue weighted by atomic mass is 9.92. The number of hydrogen-bond donors (Lipinski definition) is 2. The zero-order valence-electron chi connectivity index (χ0n) is 13.4. The molecule has 1 amide bonds. The van der Waals surface area contributed by atoms with Crippen LogP contribution in [-0.2, 0) is 9.53 Å². The molecule has 1 rings (SSSR count). The van der Waals surface area contributed by atoms with Crippen LogP contribution in [0.2, 0.25) is 0 Å². The summed E-state index contributed by atoms with van der Waals surface area (Å²) in [4.78, 5) is 12.0. The van der Waals surface area contributed by atoms with Crippen molar-refractivity contribution in [3.8, 4) is 0 Å². The zero-order valence-corrected chi connectivity index (χ0v) is 13.4. The number of ether oxygens (including phenoxy) is 1. The second-order valence-electron chi connectivity index (χ2n) is 6.07. The largest absolute Gasteiger partial charge is 0.385 e. The molecule has 1 fully saturated rings. The number of carbonyl (C=O) groups is 1. The fourth-order valence-corrected chi connectivity index (χ4v) is 3.00. The van der Waals surface area contributed by atoms with Crippen molar-refractivity contribution in [2.24, 2.45) is 5.92 Å². The Bertz CT molecular complexity index is 263. The molecular weight excluding hydrogens is 252 g/mol. The van der Waals surface area contributed by atoms with E-state index < -0.39 is 0 Å². The minimum Gasteiger partial charge on any atom is -0.385 e. The summed E-state index contributed by atoms with van der Waals surface area (Å²) < 4.78 is 4.97. The first-order valence-corrected chi connectivity index (χ1v) is 8.18. The van der Waals surface area contributed by atoms with Crippen LogP contribution in [-0.4, -0.2) is 38.3 Å². The Balaban J connectivity index is 2.24. The molecule has 0 aromatic carbocycles. The molecule has 2 N–H and O–H groups in total. The van der Waals surface area contributed by atoms with Crippen molar-refractivity contribution in [1.82, 2.24) is 10.6 Å². The molecule has 1 saturated carbocycles. The molecule has 4 heteroatoms. The Labute approximate surface area is 124 Å². The summed E-state index contributed by atoms with van der Waals surface area (Å²) in [6.07, 6.45) is 8.90. The number of methoxy groups -OCH3 is 1. The molecule has 2 atom stereocenters. The average molecular weight is 284 g/mol. The Morgan fingerprint density at radius 3 is 2.45 bits per heavy atom. The fourth-order valence-electron chi connectivity index (χ4n) is 3.00. The van der Waals surface area contributed by atoms with Crippen LogP contribution >= 0.6 is 0 Å². The molecule has 0 spiro atoms. The van der Waals surface area contributed by atoms with Gasteiger partial charge in [0.2, 0.25) is 5.91 Å². The van der Waals surface area contributed by atoms with Gasteiger partial charge < -0.3 is 15.4 Å². The van der Waals surface area contributed by atoms with E-state index in [0.717, 1.165) is 12.3 Å². The van der Waals surface area contributed by atoms with Crippen LogP contribution in [0.3, 0.4) is 0 Å². The van der Waals surface area contributed by atoms with Gasteiger partial charge in [0.15, 0.2) is 0 Å². The van der Waals surface area contributed by atoms with Crippen LogP contribution in [0.1, 0.15) is 58.8 Å². The van der Waals surface area contributed by atoms with E-state index in [1.807, 2.05) is 6.92 Å². The molecule has 20 heavy (non-hydrogen) atoms. The van der Waals surface area contributed by atoms with Gasteiger partial charge in [0.25, 0.3) is 0 Å². The normalized spacial score (nSPS) is 20.1. The molecule has 0 aromatic rings. The van der Waals surface area contributed by atoms with Crippen LogP contribution in [0.25, 0.3) is 0 Å². The maximum absolute atomic E-state index is 12.0. The third-order valence-electron chi connectivity index (χ3n) is 4.34. The summed E-state index contributed by atoms with van der Waals surface area (Å²) in [5.41, 5.74) is 0. The number of carbonyl (C=O) groups excluding carboxylic acids is 1. The van der Waals surface area contributed by atoms with Crippen molar-refractivity contribution in [2.45, 2.75) is 70.9 Å². The first-order chi connectivity index (χ1) is 9.65. The van der Waals surface area contributed by atoms with Gasteiger partial charge in [0, 0.05) is 26.3 Å². The summed E-state index contributed by atoms with van der Waals surface area (Å²) in [5, 5.41) is 6.43. The van der Waals surface area contributed by atoms with Gasteiger partial charge in [-0.2, -0.15) is 0 Å². The second-order valence-corrected chi connectivity index (χ2v) is 6.07. The highest BCUT2D eigenvalue weighted by Gasteiger charge is 2.22. The predicted molar refractivity (Wildman–Crippen MR) is 82.8 cm³/mol. The minimum atomic E-state index is -0.115. The van der Waals surface area contributed by atoms with E-state index in [0.29, 0.717) is 19.2 Å². The smallest absolute Gasteiger partial charge is 0.236 e. The highest BCUT2D eigenvalue weighted by atomic mass is 16.5. The third-order valence-corrected chi connectivity index (χ3v) is 4.34. The second kappa shape index (κ2) is 10.2. The van der Waals surface area contributed by atoms with Crippen LogP contribution in [0.4, 0.5) is 0 Å². The fraction of sp³-hybridized carbons (Fsp3) is 0.938. The van der Waals surface area contributed by atoms with Crippen molar-refractivity contribution in [3.05, 3.63) is 0 Å². The van der Waals surface area contributed by atoms with E-state index >= 15 is 0 Å². The van der Waals surface area contributed by atoms with Crippen LogP contribution in [0.15, 0.2) is 0 Å². The molecule has 0 heterocycles. The quantitative estimate of drug-likeness (QED) is 0.532. The zero-order chi connectivity index (χ0) is 14.8. The summed E-state index contributed by atoms with van der Waals surface area (Å²) in [5.74, 6) is 0.822. The highest BCUT2D eigenvalue weighted by molar-refractivity contribution is 5.81. The van der Waals surface area contributed by atoms with Crippen LogP contribution < -0.4 is 10.6 Å². The van der Waals surface area contributed by atoms with Crippen molar-refractivity contribution in [2.75, 3.05) is 20.3 Å². The molecule has 4 nitrogen and oxygen atoms in total. The van der Waals surface area contributed by atoms with E-state index in [4.69, 9.17) is 4.74 Å². The van der Waals surface area contributed by atoms with E-state index in [2.05, 4.69) is 17.6 Å². The standard InChI is InChI=1S/C16H32N2O2/c1-13(15-9-6-4-5-7-10-15)18-14(2)16(19)17-11-8-12-20-3/h13-15,18H,4-12H2,1-3H3,(H,17,19)/t13-,14?/m0/s1. The summed E-state index contributed by atoms with van der Waals surface area (Å²) in [7, 11) is 1.68. The van der Waals surface area contributed by atoms with E-state index in [1.165, 1.54) is 38.5 Å². The molecule has 0 radical (unpaired) electrons. The molecule has 0 aliphatic heterocycles. The lowest BCUT2D eigenvalue weighted by Gasteiger charge is -2.26. The monoisotopic (exact) mass is 284 g/mol. The van der Waals surface area contributed by atoms with E-state index in [9.17, 15) is 4.79 Å². The summed E-state index contributed by atoms with van der Waals surface area (Å²) in [6.45, 7) is 5.57. The van der Waals surface area contributed by atoms with Crippen LogP contribution in [0.5, 0.6) is 0 Å². The van der Waals surface area contributed by atoms with Gasteiger partial charge in [-0.05, 0) is 39.0 Å². The predicted octanol–water partition coefficient (Wildman–Crippen LogP) is 2.48. The van der Waals surface area contributed by atoms with Crippen molar-refractivity contribution in [1.29, 1.82) is 0 Å². The van der Waals surface area contributed by atoms with Crippen molar-refractivity contribution < 1.29 is 9.53 Å². The molecule has 0 saturated heterocycles. The maximum atomic E-state index is 12.0. The topological polar surface area (TPSA) is 50.4 Å². The van der Waals surface area contributed by atoms with Gasteiger partial charge in [-0.25, -0.2) is 0 Å². The number of amides is 1. The van der Waals surface area contributed by atoms with Crippen molar-refractivity contribution >= 4 is 5.91 Å². The minimum absolute atomic E-state index is 0.0987. The number of rotatable bonds is 8. The Morgan fingerprint density at radius 1 is 1.20 bits per heavy atom. The Kier molecular flexibility index (Phi) is 8.86. The summed E-state index contributed by atoms with van der Waals surface area (Å²) in [6, 6.07) is 0.309. The van der Waals surface area contributed by atoms with Gasteiger partial charge in [0.1, 0.15) is 0 Å². The van der Waals surface area contributed by atoms with Gasteiger partial charge >= 0.3 is 0 Å². The Hall–Kier alpha value is -0.610. The van der Waals surface area contributed by atoms with Gasteiger partial charge in [-0.15, -0.1) is 0 Å². The Morgan fingerprint density at radius 2 is 1.85 bits per heavy atom. The molecule has 118 valence electrons. The first-order valence-electron chi connectivity index (χ1n) is 8.18. The van der Waals surface area contributed by atoms with Gasteiger partial charge in [-0.3, -0.25) is 4.79 Å². The van der Waals surface area contributed by atoms with Gasteiger partial charge in [-0.1, -0.05) is 25.7 Å². The SMILES string of the molecule is COCCCNC(=O)C(C)N[C@@H](C)C1CCCCCC1. The van der Waals surface area contributed by atoms with Crippen LogP contribution in [0, 0.1) is 5.92 Å². The molecule has 1 unspecified atom stereocenters. The highest BCUT2D eigenvalue weighted by Crippen LogP contribution is 2.25. The number of hydrogen-bond acceptors (Lipinski definition) is 3. The molecular formula is C16H32N2O2.